The third kappa shape index (κ3) is 4.12. The van der Waals surface area contributed by atoms with E-state index in [1.807, 2.05) is 44.2 Å². The van der Waals surface area contributed by atoms with Crippen molar-refractivity contribution in [3.63, 3.8) is 0 Å². The molecule has 0 radical (unpaired) electrons. The maximum atomic E-state index is 12.0. The Hall–Kier alpha value is -2.26. The van der Waals surface area contributed by atoms with Crippen LogP contribution in [0.1, 0.15) is 22.4 Å². The minimum Gasteiger partial charge on any atom is -0.367 e. The molecule has 0 aliphatic carbocycles. The van der Waals surface area contributed by atoms with E-state index in [2.05, 4.69) is 21.6 Å². The van der Waals surface area contributed by atoms with Crippen LogP contribution >= 0.6 is 0 Å². The van der Waals surface area contributed by atoms with Crippen LogP contribution in [0.3, 0.4) is 0 Å². The summed E-state index contributed by atoms with van der Waals surface area (Å²) in [6, 6.07) is 11.9. The molecule has 2 rings (SSSR count). The summed E-state index contributed by atoms with van der Waals surface area (Å²) >= 11 is 0. The van der Waals surface area contributed by atoms with Gasteiger partial charge in [0.1, 0.15) is 11.6 Å². The van der Waals surface area contributed by atoms with E-state index in [4.69, 9.17) is 0 Å². The summed E-state index contributed by atoms with van der Waals surface area (Å²) in [5, 5.41) is 20.3. The van der Waals surface area contributed by atoms with Gasteiger partial charge in [0, 0.05) is 28.9 Å². The molecule has 0 saturated carbocycles. The second kappa shape index (κ2) is 7.66. The van der Waals surface area contributed by atoms with Gasteiger partial charge >= 0.3 is 0 Å². The zero-order valence-corrected chi connectivity index (χ0v) is 13.5. The maximum absolute atomic E-state index is 12.0. The SMILES string of the molecule is Cc1nnc(NCC[S@](=O)Cc2ccccc2)c(C#N)c1C. The summed E-state index contributed by atoms with van der Waals surface area (Å²) in [7, 11) is -0.957. The average molecular weight is 314 g/mol. The van der Waals surface area contributed by atoms with Crippen molar-refractivity contribution < 1.29 is 4.21 Å². The second-order valence-corrected chi connectivity index (χ2v) is 6.52. The van der Waals surface area contributed by atoms with Crippen molar-refractivity contribution in [2.75, 3.05) is 17.6 Å². The van der Waals surface area contributed by atoms with Crippen LogP contribution in [-0.4, -0.2) is 26.7 Å². The number of aromatic nitrogens is 2. The van der Waals surface area contributed by atoms with Gasteiger partial charge in [-0.05, 0) is 25.0 Å². The monoisotopic (exact) mass is 314 g/mol. The summed E-state index contributed by atoms with van der Waals surface area (Å²) in [6.45, 7) is 4.16. The highest BCUT2D eigenvalue weighted by molar-refractivity contribution is 7.84. The van der Waals surface area contributed by atoms with Crippen molar-refractivity contribution in [3.05, 3.63) is 52.7 Å². The van der Waals surface area contributed by atoms with Gasteiger partial charge in [-0.15, -0.1) is 5.10 Å². The van der Waals surface area contributed by atoms with Crippen molar-refractivity contribution in [2.45, 2.75) is 19.6 Å². The van der Waals surface area contributed by atoms with Crippen LogP contribution < -0.4 is 5.32 Å². The standard InChI is InChI=1S/C16H18N4OS/c1-12-13(2)19-20-16(15(12)10-17)18-8-9-22(21)11-14-6-4-3-5-7-14/h3-7H,8-9,11H2,1-2H3,(H,18,20)/t22-/m0/s1. The predicted octanol–water partition coefficient (Wildman–Crippen LogP) is 2.33. The van der Waals surface area contributed by atoms with Gasteiger partial charge in [-0.1, -0.05) is 30.3 Å². The molecule has 0 unspecified atom stereocenters. The van der Waals surface area contributed by atoms with Gasteiger partial charge < -0.3 is 5.32 Å². The molecular weight excluding hydrogens is 296 g/mol. The zero-order chi connectivity index (χ0) is 15.9. The van der Waals surface area contributed by atoms with Crippen molar-refractivity contribution in [2.24, 2.45) is 0 Å². The Labute approximate surface area is 132 Å². The number of nitrogens with one attached hydrogen (secondary N) is 1. The van der Waals surface area contributed by atoms with Gasteiger partial charge in [0.05, 0.1) is 5.69 Å². The molecule has 0 aliphatic heterocycles. The highest BCUT2D eigenvalue weighted by Crippen LogP contribution is 2.16. The largest absolute Gasteiger partial charge is 0.367 e. The molecule has 1 N–H and O–H groups in total. The summed E-state index contributed by atoms with van der Waals surface area (Å²) in [5.74, 6) is 1.49. The minimum atomic E-state index is -0.957. The van der Waals surface area contributed by atoms with E-state index in [1.54, 1.807) is 0 Å². The fraction of sp³-hybridized carbons (Fsp3) is 0.312. The van der Waals surface area contributed by atoms with Gasteiger partial charge in [0.25, 0.3) is 0 Å². The Balaban J connectivity index is 1.90. The smallest absolute Gasteiger partial charge is 0.166 e. The second-order valence-electron chi connectivity index (χ2n) is 4.95. The summed E-state index contributed by atoms with van der Waals surface area (Å²) < 4.78 is 12.0. The van der Waals surface area contributed by atoms with Gasteiger partial charge in [0.15, 0.2) is 5.82 Å². The first-order valence-corrected chi connectivity index (χ1v) is 8.47. The van der Waals surface area contributed by atoms with E-state index in [9.17, 15) is 9.47 Å². The van der Waals surface area contributed by atoms with Gasteiger partial charge in [0.2, 0.25) is 0 Å². The molecule has 1 aromatic carbocycles. The lowest BCUT2D eigenvalue weighted by molar-refractivity contribution is 0.682. The van der Waals surface area contributed by atoms with Crippen molar-refractivity contribution in [1.29, 1.82) is 5.26 Å². The van der Waals surface area contributed by atoms with E-state index in [0.29, 0.717) is 29.4 Å². The fourth-order valence-electron chi connectivity index (χ4n) is 1.98. The van der Waals surface area contributed by atoms with Gasteiger partial charge in [-0.25, -0.2) is 0 Å². The number of nitriles is 1. The molecule has 0 amide bonds. The minimum absolute atomic E-state index is 0.460. The van der Waals surface area contributed by atoms with E-state index >= 15 is 0 Å². The van der Waals surface area contributed by atoms with Crippen molar-refractivity contribution in [1.82, 2.24) is 10.2 Å². The van der Waals surface area contributed by atoms with Crippen LogP contribution in [0.5, 0.6) is 0 Å². The zero-order valence-electron chi connectivity index (χ0n) is 12.7. The van der Waals surface area contributed by atoms with E-state index in [-0.39, 0.29) is 0 Å². The first-order chi connectivity index (χ1) is 10.6. The maximum Gasteiger partial charge on any atom is 0.166 e. The molecule has 6 heteroatoms. The third-order valence-electron chi connectivity index (χ3n) is 3.36. The summed E-state index contributed by atoms with van der Waals surface area (Å²) in [4.78, 5) is 0. The number of hydrogen-bond acceptors (Lipinski definition) is 5. The van der Waals surface area contributed by atoms with Crippen LogP contribution in [0.4, 0.5) is 5.82 Å². The highest BCUT2D eigenvalue weighted by Gasteiger charge is 2.10. The van der Waals surface area contributed by atoms with Crippen LogP contribution in [0.2, 0.25) is 0 Å². The first kappa shape index (κ1) is 16.1. The Morgan fingerprint density at radius 2 is 1.95 bits per heavy atom. The number of aryl methyl sites for hydroxylation is 1. The van der Waals surface area contributed by atoms with Gasteiger partial charge in [-0.3, -0.25) is 4.21 Å². The first-order valence-electron chi connectivity index (χ1n) is 6.98. The lowest BCUT2D eigenvalue weighted by Crippen LogP contribution is -2.15. The quantitative estimate of drug-likeness (QED) is 0.885. The lowest BCUT2D eigenvalue weighted by Gasteiger charge is -2.09. The Morgan fingerprint density at radius 3 is 2.64 bits per heavy atom. The Morgan fingerprint density at radius 1 is 1.23 bits per heavy atom. The van der Waals surface area contributed by atoms with Crippen LogP contribution in [0, 0.1) is 25.2 Å². The molecule has 114 valence electrons. The average Bonchev–Trinajstić information content (AvgIpc) is 2.52. The summed E-state index contributed by atoms with van der Waals surface area (Å²) in [5.41, 5.74) is 3.13. The third-order valence-corrected chi connectivity index (χ3v) is 4.67. The van der Waals surface area contributed by atoms with Crippen molar-refractivity contribution >= 4 is 16.6 Å². The Bertz CT molecular complexity index is 710. The number of benzene rings is 1. The molecule has 0 aliphatic rings. The molecule has 2 aromatic rings. The van der Waals surface area contributed by atoms with Crippen molar-refractivity contribution in [3.8, 4) is 6.07 Å². The molecule has 0 saturated heterocycles. The molecule has 22 heavy (non-hydrogen) atoms. The van der Waals surface area contributed by atoms with Crippen LogP contribution in [0.25, 0.3) is 0 Å². The molecule has 1 heterocycles. The number of rotatable bonds is 6. The molecule has 5 nitrogen and oxygen atoms in total. The Kier molecular flexibility index (Phi) is 5.61. The summed E-state index contributed by atoms with van der Waals surface area (Å²) in [6.07, 6.45) is 0. The molecular formula is C16H18N4OS. The predicted molar refractivity (Wildman–Crippen MR) is 87.9 cm³/mol. The topological polar surface area (TPSA) is 78.7 Å². The highest BCUT2D eigenvalue weighted by atomic mass is 32.2. The molecule has 0 fully saturated rings. The van der Waals surface area contributed by atoms with E-state index < -0.39 is 10.8 Å². The van der Waals surface area contributed by atoms with E-state index in [0.717, 1.165) is 16.8 Å². The molecule has 0 bridgehead atoms. The molecule has 0 spiro atoms. The van der Waals surface area contributed by atoms with E-state index in [1.165, 1.54) is 0 Å². The molecule has 1 atom stereocenters. The lowest BCUT2D eigenvalue weighted by atomic mass is 10.1. The molecule has 1 aromatic heterocycles. The normalized spacial score (nSPS) is 11.7. The fourth-order valence-corrected chi connectivity index (χ4v) is 3.02. The number of anilines is 1. The number of nitrogens with zero attached hydrogens (tertiary/aromatic N) is 3. The number of hydrogen-bond donors (Lipinski definition) is 1. The van der Waals surface area contributed by atoms with Gasteiger partial charge in [-0.2, -0.15) is 10.4 Å². The van der Waals surface area contributed by atoms with Crippen LogP contribution in [-0.2, 0) is 16.6 Å². The van der Waals surface area contributed by atoms with Crippen LogP contribution in [0.15, 0.2) is 30.3 Å².